The van der Waals surface area contributed by atoms with E-state index < -0.39 is 5.91 Å². The molecular formula is C25H22N4O3. The summed E-state index contributed by atoms with van der Waals surface area (Å²) in [6.45, 7) is 3.26. The first-order valence-electron chi connectivity index (χ1n) is 10.4. The Balaban J connectivity index is 1.43. The van der Waals surface area contributed by atoms with Gasteiger partial charge < -0.3 is 20.4 Å². The number of benzene rings is 3. The van der Waals surface area contributed by atoms with Gasteiger partial charge in [-0.1, -0.05) is 12.1 Å². The van der Waals surface area contributed by atoms with Crippen molar-refractivity contribution in [1.82, 2.24) is 14.9 Å². The van der Waals surface area contributed by atoms with Gasteiger partial charge in [-0.3, -0.25) is 9.59 Å². The number of imidazole rings is 1. The lowest BCUT2D eigenvalue weighted by atomic mass is 10.0. The molecule has 0 bridgehead atoms. The van der Waals surface area contributed by atoms with Crippen LogP contribution in [0.1, 0.15) is 32.1 Å². The fraction of sp³-hybridized carbons (Fsp3) is 0.160. The number of carbonyl (C=O) groups excluding carboxylic acids is 2. The fourth-order valence-corrected chi connectivity index (χ4v) is 4.02. The Hall–Kier alpha value is -4.13. The number of nitrogens with one attached hydrogen (secondary N) is 1. The summed E-state index contributed by atoms with van der Waals surface area (Å²) >= 11 is 0. The second-order valence-electron chi connectivity index (χ2n) is 7.89. The normalized spacial score (nSPS) is 13.3. The number of ether oxygens (including phenoxy) is 1. The van der Waals surface area contributed by atoms with E-state index in [-0.39, 0.29) is 5.91 Å². The molecule has 0 spiro atoms. The first-order valence-corrected chi connectivity index (χ1v) is 10.4. The third kappa shape index (κ3) is 3.69. The van der Waals surface area contributed by atoms with Gasteiger partial charge in [0.1, 0.15) is 18.2 Å². The number of amides is 2. The molecule has 4 aromatic rings. The molecule has 0 radical (unpaired) electrons. The molecule has 3 aromatic carbocycles. The smallest absolute Gasteiger partial charge is 0.254 e. The quantitative estimate of drug-likeness (QED) is 0.522. The summed E-state index contributed by atoms with van der Waals surface area (Å²) in [6, 6.07) is 18.6. The second-order valence-corrected chi connectivity index (χ2v) is 7.89. The van der Waals surface area contributed by atoms with Crippen LogP contribution in [-0.2, 0) is 6.54 Å². The second kappa shape index (κ2) is 7.85. The zero-order valence-corrected chi connectivity index (χ0v) is 17.6. The Labute approximate surface area is 184 Å². The molecule has 7 nitrogen and oxygen atoms in total. The van der Waals surface area contributed by atoms with Crippen LogP contribution in [0.3, 0.4) is 0 Å². The zero-order chi connectivity index (χ0) is 22.2. The van der Waals surface area contributed by atoms with E-state index in [1.54, 1.807) is 29.2 Å². The van der Waals surface area contributed by atoms with Gasteiger partial charge in [0.15, 0.2) is 0 Å². The predicted octanol–water partition coefficient (Wildman–Crippen LogP) is 3.67. The van der Waals surface area contributed by atoms with Gasteiger partial charge in [-0.15, -0.1) is 0 Å². The lowest BCUT2D eigenvalue weighted by Gasteiger charge is -2.20. The first-order chi connectivity index (χ1) is 15.5. The largest absolute Gasteiger partial charge is 0.491 e. The van der Waals surface area contributed by atoms with Gasteiger partial charge in [0, 0.05) is 23.2 Å². The minimum Gasteiger partial charge on any atom is -0.491 e. The average molecular weight is 426 g/mol. The summed E-state index contributed by atoms with van der Waals surface area (Å²) in [5.41, 5.74) is 11.2. The van der Waals surface area contributed by atoms with E-state index in [1.165, 1.54) is 0 Å². The molecule has 0 atom stereocenters. The molecule has 1 aliphatic rings. The Kier molecular flexibility index (Phi) is 4.86. The summed E-state index contributed by atoms with van der Waals surface area (Å²) in [5.74, 6) is 1.03. The molecule has 0 fully saturated rings. The monoisotopic (exact) mass is 426 g/mol. The summed E-state index contributed by atoms with van der Waals surface area (Å²) in [4.78, 5) is 33.9. The van der Waals surface area contributed by atoms with Gasteiger partial charge >= 0.3 is 0 Å². The number of primary amides is 1. The van der Waals surface area contributed by atoms with Crippen LogP contribution in [0.5, 0.6) is 5.75 Å². The molecule has 7 heteroatoms. The van der Waals surface area contributed by atoms with Crippen molar-refractivity contribution >= 4 is 22.8 Å². The highest BCUT2D eigenvalue weighted by Gasteiger charge is 2.22. The van der Waals surface area contributed by atoms with Crippen molar-refractivity contribution in [1.29, 1.82) is 0 Å². The number of hydrogen-bond donors (Lipinski definition) is 2. The van der Waals surface area contributed by atoms with Crippen LogP contribution in [0, 0.1) is 6.92 Å². The van der Waals surface area contributed by atoms with Crippen LogP contribution in [0.4, 0.5) is 0 Å². The molecule has 0 unspecified atom stereocenters. The molecule has 0 aliphatic carbocycles. The van der Waals surface area contributed by atoms with Crippen LogP contribution in [0.25, 0.3) is 22.2 Å². The number of aromatic nitrogens is 2. The van der Waals surface area contributed by atoms with Crippen LogP contribution in [0.15, 0.2) is 60.7 Å². The number of nitrogens with two attached hydrogens (primary N) is 1. The van der Waals surface area contributed by atoms with E-state index in [9.17, 15) is 9.59 Å². The van der Waals surface area contributed by atoms with Gasteiger partial charge in [-0.05, 0) is 66.6 Å². The van der Waals surface area contributed by atoms with E-state index in [0.29, 0.717) is 30.8 Å². The topological polar surface area (TPSA) is 101 Å². The Morgan fingerprint density at radius 1 is 1.00 bits per heavy atom. The molecule has 1 aromatic heterocycles. The molecule has 0 saturated heterocycles. The molecular weight excluding hydrogens is 404 g/mol. The van der Waals surface area contributed by atoms with Crippen molar-refractivity contribution < 1.29 is 14.3 Å². The molecule has 1 aliphatic heterocycles. The molecule has 32 heavy (non-hydrogen) atoms. The van der Waals surface area contributed by atoms with E-state index in [1.807, 2.05) is 31.2 Å². The van der Waals surface area contributed by atoms with Gasteiger partial charge in [0.2, 0.25) is 5.91 Å². The first kappa shape index (κ1) is 19.8. The number of hydrogen-bond acceptors (Lipinski definition) is 4. The number of aromatic amines is 1. The third-order valence-electron chi connectivity index (χ3n) is 5.68. The maximum Gasteiger partial charge on any atom is 0.254 e. The van der Waals surface area contributed by atoms with Gasteiger partial charge in [-0.25, -0.2) is 4.98 Å². The van der Waals surface area contributed by atoms with Crippen LogP contribution < -0.4 is 10.5 Å². The van der Waals surface area contributed by atoms with Gasteiger partial charge in [0.25, 0.3) is 5.91 Å². The summed E-state index contributed by atoms with van der Waals surface area (Å²) in [6.07, 6.45) is 0. The van der Waals surface area contributed by atoms with Crippen molar-refractivity contribution in [2.24, 2.45) is 5.73 Å². The number of carbonyl (C=O) groups is 2. The van der Waals surface area contributed by atoms with Crippen LogP contribution >= 0.6 is 0 Å². The van der Waals surface area contributed by atoms with Crippen LogP contribution in [-0.4, -0.2) is 39.8 Å². The van der Waals surface area contributed by atoms with Crippen molar-refractivity contribution in [3.05, 3.63) is 83.2 Å². The number of fused-ring (bicyclic) bond motifs is 2. The SMILES string of the molecule is Cc1nc2ccc(-c3ccc4c(c3)CN(C(=O)c3ccc(C(N)=O)cc3)CCO4)cc2[nH]1. The Morgan fingerprint density at radius 2 is 1.72 bits per heavy atom. The lowest BCUT2D eigenvalue weighted by molar-refractivity contribution is 0.0733. The van der Waals surface area contributed by atoms with Crippen molar-refractivity contribution in [2.75, 3.05) is 13.2 Å². The van der Waals surface area contributed by atoms with E-state index >= 15 is 0 Å². The molecule has 3 N–H and O–H groups in total. The average Bonchev–Trinajstić information content (AvgIpc) is 3.04. The minimum atomic E-state index is -0.517. The van der Waals surface area contributed by atoms with Gasteiger partial charge in [-0.2, -0.15) is 0 Å². The maximum absolute atomic E-state index is 13.1. The lowest BCUT2D eigenvalue weighted by Crippen LogP contribution is -2.32. The summed E-state index contributed by atoms with van der Waals surface area (Å²) in [5, 5.41) is 0. The summed E-state index contributed by atoms with van der Waals surface area (Å²) < 4.78 is 5.91. The zero-order valence-electron chi connectivity index (χ0n) is 17.6. The molecule has 2 amide bonds. The molecule has 0 saturated carbocycles. The summed E-state index contributed by atoms with van der Waals surface area (Å²) in [7, 11) is 0. The predicted molar refractivity (Wildman–Crippen MR) is 121 cm³/mol. The number of rotatable bonds is 3. The Morgan fingerprint density at radius 3 is 2.50 bits per heavy atom. The van der Waals surface area contributed by atoms with E-state index in [4.69, 9.17) is 10.5 Å². The highest BCUT2D eigenvalue weighted by molar-refractivity contribution is 5.97. The highest BCUT2D eigenvalue weighted by atomic mass is 16.5. The van der Waals surface area contributed by atoms with Crippen LogP contribution in [0.2, 0.25) is 0 Å². The number of H-pyrrole nitrogens is 1. The Bertz CT molecular complexity index is 1340. The van der Waals surface area contributed by atoms with E-state index in [2.05, 4.69) is 22.1 Å². The maximum atomic E-state index is 13.1. The fourth-order valence-electron chi connectivity index (χ4n) is 4.02. The molecule has 2 heterocycles. The molecule has 5 rings (SSSR count). The van der Waals surface area contributed by atoms with Crippen molar-refractivity contribution in [3.8, 4) is 16.9 Å². The third-order valence-corrected chi connectivity index (χ3v) is 5.68. The van der Waals surface area contributed by atoms with E-state index in [0.717, 1.165) is 39.3 Å². The van der Waals surface area contributed by atoms with Crippen molar-refractivity contribution in [2.45, 2.75) is 13.5 Å². The molecule has 160 valence electrons. The number of aryl methyl sites for hydroxylation is 1. The van der Waals surface area contributed by atoms with Gasteiger partial charge in [0.05, 0.1) is 17.6 Å². The standard InChI is InChI=1S/C25H22N4O3/c1-15-27-21-8-6-19(13-22(21)28-15)18-7-9-23-20(12-18)14-29(10-11-32-23)25(31)17-4-2-16(3-5-17)24(26)30/h2-9,12-13H,10-11,14H2,1H3,(H2,26,30)(H,27,28). The number of nitrogens with zero attached hydrogens (tertiary/aromatic N) is 2. The minimum absolute atomic E-state index is 0.114. The highest BCUT2D eigenvalue weighted by Crippen LogP contribution is 2.31. The van der Waals surface area contributed by atoms with Crippen molar-refractivity contribution in [3.63, 3.8) is 0 Å².